The van der Waals surface area contributed by atoms with E-state index in [1.54, 1.807) is 18.2 Å². The Balaban J connectivity index is 2.45. The summed E-state index contributed by atoms with van der Waals surface area (Å²) in [5.41, 5.74) is 0.752. The SMILES string of the molecule is C=CCNCC(=O)NC(C)c1cccc(F)c1. The largest absolute Gasteiger partial charge is 0.348 e. The van der Waals surface area contributed by atoms with Gasteiger partial charge in [-0.2, -0.15) is 0 Å². The topological polar surface area (TPSA) is 41.1 Å². The van der Waals surface area contributed by atoms with Crippen LogP contribution in [0.25, 0.3) is 0 Å². The quantitative estimate of drug-likeness (QED) is 0.584. The lowest BCUT2D eigenvalue weighted by Crippen LogP contribution is -2.35. The summed E-state index contributed by atoms with van der Waals surface area (Å²) in [6, 6.07) is 6.00. The summed E-state index contributed by atoms with van der Waals surface area (Å²) in [5, 5.41) is 5.68. The van der Waals surface area contributed by atoms with Crippen molar-refractivity contribution in [2.75, 3.05) is 13.1 Å². The second kappa shape index (κ2) is 6.81. The van der Waals surface area contributed by atoms with Crippen LogP contribution in [0.1, 0.15) is 18.5 Å². The van der Waals surface area contributed by atoms with E-state index in [-0.39, 0.29) is 24.3 Å². The predicted octanol–water partition coefficient (Wildman–Crippen LogP) is 1.78. The molecule has 4 heteroatoms. The molecule has 1 rings (SSSR count). The number of halogens is 1. The highest BCUT2D eigenvalue weighted by molar-refractivity contribution is 5.78. The van der Waals surface area contributed by atoms with Crippen LogP contribution in [0.2, 0.25) is 0 Å². The Morgan fingerprint density at radius 1 is 1.59 bits per heavy atom. The normalized spacial score (nSPS) is 11.9. The van der Waals surface area contributed by atoms with E-state index in [0.717, 1.165) is 5.56 Å². The van der Waals surface area contributed by atoms with E-state index < -0.39 is 0 Å². The van der Waals surface area contributed by atoms with Crippen LogP contribution in [0.5, 0.6) is 0 Å². The number of rotatable bonds is 6. The fourth-order valence-electron chi connectivity index (χ4n) is 1.44. The Morgan fingerprint density at radius 3 is 3.00 bits per heavy atom. The van der Waals surface area contributed by atoms with Crippen molar-refractivity contribution in [2.24, 2.45) is 0 Å². The monoisotopic (exact) mass is 236 g/mol. The summed E-state index contributed by atoms with van der Waals surface area (Å²) in [6.07, 6.45) is 1.68. The fraction of sp³-hybridized carbons (Fsp3) is 0.308. The first kappa shape index (κ1) is 13.4. The van der Waals surface area contributed by atoms with Gasteiger partial charge < -0.3 is 10.6 Å². The van der Waals surface area contributed by atoms with Crippen molar-refractivity contribution in [3.8, 4) is 0 Å². The van der Waals surface area contributed by atoms with Gasteiger partial charge in [0.15, 0.2) is 0 Å². The number of benzene rings is 1. The second-order valence-corrected chi connectivity index (χ2v) is 3.76. The van der Waals surface area contributed by atoms with Crippen LogP contribution < -0.4 is 10.6 Å². The zero-order valence-corrected chi connectivity index (χ0v) is 9.87. The summed E-state index contributed by atoms with van der Waals surface area (Å²) in [4.78, 5) is 11.5. The molecule has 0 heterocycles. The predicted molar refractivity (Wildman–Crippen MR) is 66.0 cm³/mol. The molecule has 1 unspecified atom stereocenters. The molecule has 0 spiro atoms. The number of hydrogen-bond donors (Lipinski definition) is 2. The smallest absolute Gasteiger partial charge is 0.234 e. The first-order valence-electron chi connectivity index (χ1n) is 5.50. The molecular formula is C13H17FN2O. The van der Waals surface area contributed by atoms with E-state index in [4.69, 9.17) is 0 Å². The number of carbonyl (C=O) groups is 1. The number of carbonyl (C=O) groups excluding carboxylic acids is 1. The third-order valence-corrected chi connectivity index (χ3v) is 2.30. The summed E-state index contributed by atoms with van der Waals surface area (Å²) < 4.78 is 13.0. The maximum Gasteiger partial charge on any atom is 0.234 e. The van der Waals surface area contributed by atoms with E-state index in [2.05, 4.69) is 17.2 Å². The molecule has 0 aliphatic carbocycles. The molecule has 1 aromatic rings. The minimum Gasteiger partial charge on any atom is -0.348 e. The highest BCUT2D eigenvalue weighted by Crippen LogP contribution is 2.12. The third kappa shape index (κ3) is 4.78. The van der Waals surface area contributed by atoms with Crippen LogP contribution in [0.4, 0.5) is 4.39 Å². The lowest BCUT2D eigenvalue weighted by molar-refractivity contribution is -0.120. The molecule has 17 heavy (non-hydrogen) atoms. The first-order chi connectivity index (χ1) is 8.13. The van der Waals surface area contributed by atoms with Gasteiger partial charge in [-0.15, -0.1) is 6.58 Å². The number of hydrogen-bond acceptors (Lipinski definition) is 2. The molecule has 0 fully saturated rings. The van der Waals surface area contributed by atoms with Crippen molar-refractivity contribution in [3.05, 3.63) is 48.3 Å². The van der Waals surface area contributed by atoms with E-state index in [9.17, 15) is 9.18 Å². The first-order valence-corrected chi connectivity index (χ1v) is 5.50. The number of amides is 1. The Morgan fingerprint density at radius 2 is 2.35 bits per heavy atom. The van der Waals surface area contributed by atoms with Crippen molar-refractivity contribution in [1.29, 1.82) is 0 Å². The van der Waals surface area contributed by atoms with Gasteiger partial charge in [-0.1, -0.05) is 18.2 Å². The second-order valence-electron chi connectivity index (χ2n) is 3.76. The van der Waals surface area contributed by atoms with Crippen molar-refractivity contribution in [1.82, 2.24) is 10.6 Å². The van der Waals surface area contributed by atoms with Crippen molar-refractivity contribution in [3.63, 3.8) is 0 Å². The Labute approximate surface area is 101 Å². The van der Waals surface area contributed by atoms with Crippen molar-refractivity contribution >= 4 is 5.91 Å². The van der Waals surface area contributed by atoms with Crippen LogP contribution in [-0.4, -0.2) is 19.0 Å². The minimum absolute atomic E-state index is 0.122. The zero-order valence-electron chi connectivity index (χ0n) is 9.87. The van der Waals surface area contributed by atoms with E-state index >= 15 is 0 Å². The van der Waals surface area contributed by atoms with Gasteiger partial charge in [-0.05, 0) is 24.6 Å². The van der Waals surface area contributed by atoms with Crippen molar-refractivity contribution in [2.45, 2.75) is 13.0 Å². The molecule has 0 saturated heterocycles. The average molecular weight is 236 g/mol. The molecule has 1 amide bonds. The molecule has 2 N–H and O–H groups in total. The molecule has 1 aromatic carbocycles. The van der Waals surface area contributed by atoms with Gasteiger partial charge in [0.25, 0.3) is 0 Å². The maximum atomic E-state index is 13.0. The van der Waals surface area contributed by atoms with Crippen LogP contribution in [0.15, 0.2) is 36.9 Å². The van der Waals surface area contributed by atoms with Gasteiger partial charge in [0.2, 0.25) is 5.91 Å². The van der Waals surface area contributed by atoms with Gasteiger partial charge in [0.05, 0.1) is 12.6 Å². The molecule has 0 saturated carbocycles. The summed E-state index contributed by atoms with van der Waals surface area (Å²) >= 11 is 0. The van der Waals surface area contributed by atoms with Crippen LogP contribution >= 0.6 is 0 Å². The van der Waals surface area contributed by atoms with E-state index in [1.807, 2.05) is 6.92 Å². The summed E-state index contributed by atoms with van der Waals surface area (Å²) in [6.45, 7) is 6.17. The fourth-order valence-corrected chi connectivity index (χ4v) is 1.44. The molecular weight excluding hydrogens is 219 g/mol. The van der Waals surface area contributed by atoms with Gasteiger partial charge in [-0.3, -0.25) is 4.79 Å². The highest BCUT2D eigenvalue weighted by atomic mass is 19.1. The standard InChI is InChI=1S/C13H17FN2O/c1-3-7-15-9-13(17)16-10(2)11-5-4-6-12(14)8-11/h3-6,8,10,15H,1,7,9H2,2H3,(H,16,17). The molecule has 0 radical (unpaired) electrons. The average Bonchev–Trinajstić information content (AvgIpc) is 2.29. The molecule has 3 nitrogen and oxygen atoms in total. The van der Waals surface area contributed by atoms with Gasteiger partial charge in [0.1, 0.15) is 5.82 Å². The van der Waals surface area contributed by atoms with E-state index in [0.29, 0.717) is 6.54 Å². The Bertz CT molecular complexity index is 393. The molecule has 92 valence electrons. The number of nitrogens with one attached hydrogen (secondary N) is 2. The lowest BCUT2D eigenvalue weighted by atomic mass is 10.1. The van der Waals surface area contributed by atoms with Gasteiger partial charge in [-0.25, -0.2) is 4.39 Å². The van der Waals surface area contributed by atoms with Crippen LogP contribution in [-0.2, 0) is 4.79 Å². The maximum absolute atomic E-state index is 13.0. The Hall–Kier alpha value is -1.68. The van der Waals surface area contributed by atoms with Crippen LogP contribution in [0.3, 0.4) is 0 Å². The molecule has 0 bridgehead atoms. The summed E-state index contributed by atoms with van der Waals surface area (Å²) in [7, 11) is 0. The zero-order chi connectivity index (χ0) is 12.7. The lowest BCUT2D eigenvalue weighted by Gasteiger charge is -2.14. The summed E-state index contributed by atoms with van der Waals surface area (Å²) in [5.74, 6) is -0.419. The third-order valence-electron chi connectivity index (χ3n) is 2.30. The van der Waals surface area contributed by atoms with Crippen LogP contribution in [0, 0.1) is 5.82 Å². The molecule has 0 aliphatic heterocycles. The molecule has 0 aliphatic rings. The highest BCUT2D eigenvalue weighted by Gasteiger charge is 2.09. The van der Waals surface area contributed by atoms with Gasteiger partial charge >= 0.3 is 0 Å². The molecule has 0 aromatic heterocycles. The Kier molecular flexibility index (Phi) is 5.36. The van der Waals surface area contributed by atoms with E-state index in [1.165, 1.54) is 12.1 Å². The van der Waals surface area contributed by atoms with Gasteiger partial charge in [0, 0.05) is 6.54 Å². The minimum atomic E-state index is -0.298. The molecule has 1 atom stereocenters. The van der Waals surface area contributed by atoms with Crippen molar-refractivity contribution < 1.29 is 9.18 Å².